The lowest BCUT2D eigenvalue weighted by Gasteiger charge is -2.29. The van der Waals surface area contributed by atoms with Gasteiger partial charge in [-0.15, -0.1) is 0 Å². The van der Waals surface area contributed by atoms with Crippen LogP contribution in [0.2, 0.25) is 0 Å². The Morgan fingerprint density at radius 2 is 1.06 bits per heavy atom. The van der Waals surface area contributed by atoms with Crippen LogP contribution in [0.3, 0.4) is 0 Å². The Bertz CT molecular complexity index is 1480. The van der Waals surface area contributed by atoms with Crippen LogP contribution in [-0.2, 0) is 0 Å². The van der Waals surface area contributed by atoms with Crippen molar-refractivity contribution in [3.8, 4) is 0 Å². The van der Waals surface area contributed by atoms with Gasteiger partial charge in [0, 0.05) is 79.9 Å². The van der Waals surface area contributed by atoms with E-state index in [9.17, 15) is 0 Å². The first-order valence-electron chi connectivity index (χ1n) is 11.0. The third kappa shape index (κ3) is 3.66. The summed E-state index contributed by atoms with van der Waals surface area (Å²) in [5.74, 6) is 0. The van der Waals surface area contributed by atoms with Crippen LogP contribution < -0.4 is 4.90 Å². The number of nitrogens with zero attached hydrogens (tertiary/aromatic N) is 4. The fourth-order valence-corrected chi connectivity index (χ4v) is 5.34. The molecule has 0 saturated carbocycles. The van der Waals surface area contributed by atoms with E-state index in [1.807, 2.05) is 61.4 Å². The minimum Gasteiger partial charge on any atom is -0.309 e. The van der Waals surface area contributed by atoms with E-state index in [-0.39, 0.29) is 0 Å². The molecule has 3 aromatic heterocycles. The highest BCUT2D eigenvalue weighted by Crippen LogP contribution is 2.48. The summed E-state index contributed by atoms with van der Waals surface area (Å²) in [6.45, 7) is 0. The van der Waals surface area contributed by atoms with E-state index in [1.165, 1.54) is 0 Å². The van der Waals surface area contributed by atoms with Crippen LogP contribution >= 0.6 is 11.8 Å². The molecule has 4 nitrogen and oxygen atoms in total. The first-order chi connectivity index (χ1) is 16.9. The summed E-state index contributed by atoms with van der Waals surface area (Å²) < 4.78 is 0. The number of benzene rings is 3. The van der Waals surface area contributed by atoms with Crippen molar-refractivity contribution < 1.29 is 0 Å². The third-order valence-corrected chi connectivity index (χ3v) is 6.92. The van der Waals surface area contributed by atoms with E-state index in [4.69, 9.17) is 0 Å². The highest BCUT2D eigenvalue weighted by atomic mass is 32.2. The van der Waals surface area contributed by atoms with Gasteiger partial charge >= 0.3 is 0 Å². The van der Waals surface area contributed by atoms with Crippen molar-refractivity contribution in [3.63, 3.8) is 0 Å². The Kier molecular flexibility index (Phi) is 5.38. The van der Waals surface area contributed by atoms with E-state index >= 15 is 0 Å². The van der Waals surface area contributed by atoms with E-state index in [2.05, 4.69) is 80.5 Å². The molecule has 6 rings (SSSR count). The smallest absolute Gasteiger partial charge is 0.0635 e. The first-order valence-corrected chi connectivity index (χ1v) is 11.8. The maximum atomic E-state index is 4.54. The molecule has 0 aliphatic carbocycles. The summed E-state index contributed by atoms with van der Waals surface area (Å²) in [6, 6.07) is 29.2. The first kappa shape index (κ1) is 20.4. The third-order valence-electron chi connectivity index (χ3n) is 5.76. The van der Waals surface area contributed by atoms with Gasteiger partial charge in [-0.3, -0.25) is 15.0 Å². The second-order valence-electron chi connectivity index (χ2n) is 7.81. The quantitative estimate of drug-likeness (QED) is 0.248. The number of hydrogen-bond donors (Lipinski definition) is 0. The van der Waals surface area contributed by atoms with Gasteiger partial charge in [0.05, 0.1) is 5.69 Å². The van der Waals surface area contributed by atoms with Gasteiger partial charge in [-0.1, -0.05) is 48.2 Å². The molecule has 0 saturated heterocycles. The molecule has 0 aliphatic rings. The average molecular weight is 457 g/mol. The van der Waals surface area contributed by atoms with E-state index in [1.54, 1.807) is 11.8 Å². The van der Waals surface area contributed by atoms with Crippen LogP contribution in [0.25, 0.3) is 21.5 Å². The van der Waals surface area contributed by atoms with Crippen molar-refractivity contribution in [2.24, 2.45) is 0 Å². The van der Waals surface area contributed by atoms with Crippen LogP contribution in [0.15, 0.2) is 132 Å². The number of hydrogen-bond acceptors (Lipinski definition) is 5. The van der Waals surface area contributed by atoms with Gasteiger partial charge in [0.25, 0.3) is 0 Å². The summed E-state index contributed by atoms with van der Waals surface area (Å²) in [5.41, 5.74) is 3.27. The zero-order valence-corrected chi connectivity index (χ0v) is 19.1. The predicted molar refractivity (Wildman–Crippen MR) is 140 cm³/mol. The number of pyridine rings is 3. The van der Waals surface area contributed by atoms with Crippen LogP contribution in [0.5, 0.6) is 0 Å². The molecule has 0 spiro atoms. The van der Waals surface area contributed by atoms with Crippen LogP contribution in [0.1, 0.15) is 0 Å². The van der Waals surface area contributed by atoms with Crippen molar-refractivity contribution >= 4 is 50.4 Å². The predicted octanol–water partition coefficient (Wildman–Crippen LogP) is 7.80. The van der Waals surface area contributed by atoms with E-state index in [0.717, 1.165) is 48.4 Å². The molecular formula is C29H20N4S. The molecule has 0 amide bonds. The van der Waals surface area contributed by atoms with Gasteiger partial charge in [-0.25, -0.2) is 0 Å². The largest absolute Gasteiger partial charge is 0.309 e. The molecule has 0 N–H and O–H groups in total. The number of aromatic nitrogens is 3. The molecule has 3 heterocycles. The molecule has 3 aromatic carbocycles. The molecule has 0 bridgehead atoms. The van der Waals surface area contributed by atoms with E-state index in [0.29, 0.717) is 0 Å². The van der Waals surface area contributed by atoms with Crippen LogP contribution in [-0.4, -0.2) is 15.0 Å². The molecule has 0 unspecified atom stereocenters. The van der Waals surface area contributed by atoms with Crippen molar-refractivity contribution in [1.29, 1.82) is 0 Å². The minimum absolute atomic E-state index is 1.09. The minimum atomic E-state index is 1.09. The zero-order chi connectivity index (χ0) is 22.7. The summed E-state index contributed by atoms with van der Waals surface area (Å²) in [6.07, 6.45) is 11.3. The molecule has 0 aliphatic heterocycles. The summed E-state index contributed by atoms with van der Waals surface area (Å²) in [5, 5.41) is 4.46. The van der Waals surface area contributed by atoms with Gasteiger partial charge in [-0.05, 0) is 48.5 Å². The number of para-hydroxylation sites is 2. The highest BCUT2D eigenvalue weighted by molar-refractivity contribution is 7.99. The van der Waals surface area contributed by atoms with Crippen molar-refractivity contribution in [3.05, 3.63) is 122 Å². The van der Waals surface area contributed by atoms with Crippen LogP contribution in [0, 0.1) is 0 Å². The number of fused-ring (bicyclic) bond motifs is 2. The lowest BCUT2D eigenvalue weighted by Crippen LogP contribution is -2.11. The second-order valence-corrected chi connectivity index (χ2v) is 8.90. The van der Waals surface area contributed by atoms with E-state index < -0.39 is 0 Å². The maximum absolute atomic E-state index is 4.54. The molecule has 6 aromatic rings. The summed E-state index contributed by atoms with van der Waals surface area (Å²) in [7, 11) is 0. The average Bonchev–Trinajstić information content (AvgIpc) is 2.92. The second kappa shape index (κ2) is 8.96. The SMILES string of the molecule is c1ccc(N(c2ccccc2)c2c3ccncc3c(Sc3ccncc3)c3ccncc23)cc1. The highest BCUT2D eigenvalue weighted by Gasteiger charge is 2.22. The Balaban J connectivity index is 1.70. The van der Waals surface area contributed by atoms with Gasteiger partial charge in [0.1, 0.15) is 0 Å². The Morgan fingerprint density at radius 3 is 1.71 bits per heavy atom. The topological polar surface area (TPSA) is 41.9 Å². The van der Waals surface area contributed by atoms with Gasteiger partial charge < -0.3 is 4.90 Å². The Labute approximate surface area is 202 Å². The Hall–Kier alpha value is -4.22. The number of anilines is 3. The molecule has 34 heavy (non-hydrogen) atoms. The summed E-state index contributed by atoms with van der Waals surface area (Å²) >= 11 is 1.73. The zero-order valence-electron chi connectivity index (χ0n) is 18.2. The fraction of sp³-hybridized carbons (Fsp3) is 0. The van der Waals surface area contributed by atoms with Crippen molar-refractivity contribution in [2.45, 2.75) is 9.79 Å². The van der Waals surface area contributed by atoms with Crippen LogP contribution in [0.4, 0.5) is 17.1 Å². The molecule has 0 radical (unpaired) electrons. The van der Waals surface area contributed by atoms with Crippen molar-refractivity contribution in [1.82, 2.24) is 15.0 Å². The lowest BCUT2D eigenvalue weighted by molar-refractivity contribution is 1.26. The fourth-order valence-electron chi connectivity index (χ4n) is 4.29. The molecular weight excluding hydrogens is 436 g/mol. The van der Waals surface area contributed by atoms with Gasteiger partial charge in [0.2, 0.25) is 0 Å². The normalized spacial score (nSPS) is 11.1. The summed E-state index contributed by atoms with van der Waals surface area (Å²) in [4.78, 5) is 17.8. The Morgan fingerprint density at radius 1 is 0.500 bits per heavy atom. The molecule has 162 valence electrons. The van der Waals surface area contributed by atoms with Crippen molar-refractivity contribution in [2.75, 3.05) is 4.90 Å². The van der Waals surface area contributed by atoms with Gasteiger partial charge in [0.15, 0.2) is 0 Å². The van der Waals surface area contributed by atoms with Gasteiger partial charge in [-0.2, -0.15) is 0 Å². The molecule has 0 atom stereocenters. The standard InChI is InChI=1S/C29H20N4S/c1-3-7-21(8-4-1)33(22-9-5-2-6-10-22)28-24-13-17-32-20-27(24)29(25-14-18-31-19-26(25)28)34-23-11-15-30-16-12-23/h1-20H. The molecule has 5 heteroatoms. The maximum Gasteiger partial charge on any atom is 0.0635 e. The lowest BCUT2D eigenvalue weighted by atomic mass is 10.0. The monoisotopic (exact) mass is 456 g/mol. The number of rotatable bonds is 5. The molecule has 0 fully saturated rings.